The van der Waals surface area contributed by atoms with Gasteiger partial charge in [0, 0.05) is 6.07 Å². The molecule has 0 N–H and O–H groups in total. The van der Waals surface area contributed by atoms with Crippen LogP contribution in [0, 0.1) is 12.7 Å². The van der Waals surface area contributed by atoms with Crippen LogP contribution in [0.4, 0.5) is 10.2 Å². The molecule has 0 radical (unpaired) electrons. The second kappa shape index (κ2) is 7.09. The number of nitrogens with zero attached hydrogens (tertiary/aromatic N) is 2. The van der Waals surface area contributed by atoms with Crippen LogP contribution in [0.5, 0.6) is 5.75 Å². The minimum Gasteiger partial charge on any atom is -0.494 e. The lowest BCUT2D eigenvalue weighted by Crippen LogP contribution is -2.29. The van der Waals surface area contributed by atoms with Gasteiger partial charge in [-0.15, -0.1) is 0 Å². The second-order valence-corrected chi connectivity index (χ2v) is 7.19. The first kappa shape index (κ1) is 19.0. The van der Waals surface area contributed by atoms with Crippen molar-refractivity contribution in [1.82, 2.24) is 5.16 Å². The SMILES string of the molecule is CCOc1cccc(C2c3c(oc4ccc(F)cc4c3=O)C(=O)N2c2cc(C)on2)c1. The number of hydrogen-bond acceptors (Lipinski definition) is 6. The van der Waals surface area contributed by atoms with Crippen LogP contribution in [-0.2, 0) is 0 Å². The van der Waals surface area contributed by atoms with Gasteiger partial charge in [-0.1, -0.05) is 17.3 Å². The second-order valence-electron chi connectivity index (χ2n) is 7.19. The van der Waals surface area contributed by atoms with Gasteiger partial charge in [-0.2, -0.15) is 0 Å². The maximum Gasteiger partial charge on any atom is 0.296 e. The predicted octanol–water partition coefficient (Wildman–Crippen LogP) is 4.38. The maximum atomic E-state index is 13.9. The molecule has 0 bridgehead atoms. The van der Waals surface area contributed by atoms with Crippen molar-refractivity contribution in [2.75, 3.05) is 11.5 Å². The van der Waals surface area contributed by atoms with E-state index in [1.807, 2.05) is 6.92 Å². The van der Waals surface area contributed by atoms with Crippen molar-refractivity contribution >= 4 is 22.7 Å². The molecule has 1 aliphatic heterocycles. The van der Waals surface area contributed by atoms with Crippen LogP contribution in [0.1, 0.15) is 40.4 Å². The van der Waals surface area contributed by atoms with Gasteiger partial charge < -0.3 is 13.7 Å². The first-order valence-corrected chi connectivity index (χ1v) is 9.74. The number of fused-ring (bicyclic) bond motifs is 2. The fourth-order valence-electron chi connectivity index (χ4n) is 3.90. The molecule has 2 aromatic heterocycles. The molecule has 156 valence electrons. The third-order valence-corrected chi connectivity index (χ3v) is 5.18. The number of aryl methyl sites for hydroxylation is 1. The Bertz CT molecular complexity index is 1390. The van der Waals surface area contributed by atoms with E-state index in [2.05, 4.69) is 5.16 Å². The summed E-state index contributed by atoms with van der Waals surface area (Å²) in [6, 6.07) is 11.5. The molecule has 31 heavy (non-hydrogen) atoms. The molecule has 0 aliphatic carbocycles. The van der Waals surface area contributed by atoms with E-state index in [1.54, 1.807) is 37.3 Å². The van der Waals surface area contributed by atoms with E-state index >= 15 is 0 Å². The molecular formula is C23H17FN2O5. The molecule has 1 amide bonds. The summed E-state index contributed by atoms with van der Waals surface area (Å²) in [4.78, 5) is 28.1. The molecule has 1 unspecified atom stereocenters. The van der Waals surface area contributed by atoms with Gasteiger partial charge in [0.2, 0.25) is 5.76 Å². The fourth-order valence-corrected chi connectivity index (χ4v) is 3.90. The van der Waals surface area contributed by atoms with Gasteiger partial charge in [-0.05, 0) is 49.7 Å². The first-order chi connectivity index (χ1) is 15.0. The van der Waals surface area contributed by atoms with E-state index in [0.717, 1.165) is 6.07 Å². The lowest BCUT2D eigenvalue weighted by Gasteiger charge is -2.22. The number of carbonyl (C=O) groups is 1. The van der Waals surface area contributed by atoms with E-state index in [-0.39, 0.29) is 28.1 Å². The average molecular weight is 420 g/mol. The van der Waals surface area contributed by atoms with Gasteiger partial charge in [0.15, 0.2) is 11.2 Å². The van der Waals surface area contributed by atoms with E-state index in [0.29, 0.717) is 23.7 Å². The van der Waals surface area contributed by atoms with Crippen molar-refractivity contribution in [1.29, 1.82) is 0 Å². The number of benzene rings is 2. The van der Waals surface area contributed by atoms with Crippen LogP contribution in [-0.4, -0.2) is 17.7 Å². The average Bonchev–Trinajstić information content (AvgIpc) is 3.30. The molecule has 4 aromatic rings. The van der Waals surface area contributed by atoms with Crippen molar-refractivity contribution in [2.24, 2.45) is 0 Å². The van der Waals surface area contributed by atoms with Crippen LogP contribution in [0.3, 0.4) is 0 Å². The molecule has 1 aliphatic rings. The number of carbonyl (C=O) groups excluding carboxylic acids is 1. The Hall–Kier alpha value is -3.94. The van der Waals surface area contributed by atoms with Gasteiger partial charge in [0.25, 0.3) is 5.91 Å². The summed E-state index contributed by atoms with van der Waals surface area (Å²) < 4.78 is 30.4. The summed E-state index contributed by atoms with van der Waals surface area (Å²) in [5.74, 6) is 0.147. The van der Waals surface area contributed by atoms with Crippen LogP contribution in [0.25, 0.3) is 11.0 Å². The standard InChI is InChI=1S/C23H17FN2O5/c1-3-29-15-6-4-5-13(10-15)20-19-21(27)16-11-14(24)7-8-17(16)30-22(19)23(28)26(20)18-9-12(2)31-25-18/h4-11,20H,3H2,1-2H3. The monoisotopic (exact) mass is 420 g/mol. The molecule has 2 aromatic carbocycles. The Labute approximate surface area is 175 Å². The van der Waals surface area contributed by atoms with Crippen LogP contribution in [0.2, 0.25) is 0 Å². The van der Waals surface area contributed by atoms with Crippen molar-refractivity contribution in [3.05, 3.63) is 87.2 Å². The molecule has 0 fully saturated rings. The Morgan fingerprint density at radius 2 is 2.00 bits per heavy atom. The zero-order valence-corrected chi connectivity index (χ0v) is 16.7. The van der Waals surface area contributed by atoms with Gasteiger partial charge in [0.1, 0.15) is 22.9 Å². The highest BCUT2D eigenvalue weighted by Crippen LogP contribution is 2.41. The molecule has 0 spiro atoms. The van der Waals surface area contributed by atoms with E-state index < -0.39 is 23.2 Å². The first-order valence-electron chi connectivity index (χ1n) is 9.74. The number of halogens is 1. The minimum atomic E-state index is -0.837. The van der Waals surface area contributed by atoms with Gasteiger partial charge >= 0.3 is 0 Å². The Kier molecular flexibility index (Phi) is 4.35. The van der Waals surface area contributed by atoms with Gasteiger partial charge in [0.05, 0.1) is 23.6 Å². The quantitative estimate of drug-likeness (QED) is 0.487. The molecule has 0 saturated heterocycles. The molecule has 0 saturated carbocycles. The van der Waals surface area contributed by atoms with Crippen LogP contribution >= 0.6 is 0 Å². The smallest absolute Gasteiger partial charge is 0.296 e. The molecular weight excluding hydrogens is 403 g/mol. The Morgan fingerprint density at radius 1 is 1.16 bits per heavy atom. The van der Waals surface area contributed by atoms with Crippen molar-refractivity contribution in [2.45, 2.75) is 19.9 Å². The summed E-state index contributed by atoms with van der Waals surface area (Å²) in [7, 11) is 0. The topological polar surface area (TPSA) is 85.8 Å². The number of ether oxygens (including phenoxy) is 1. The Balaban J connectivity index is 1.80. The predicted molar refractivity (Wildman–Crippen MR) is 110 cm³/mol. The van der Waals surface area contributed by atoms with Gasteiger partial charge in [-0.25, -0.2) is 4.39 Å². The molecule has 8 heteroatoms. The van der Waals surface area contributed by atoms with E-state index in [9.17, 15) is 14.0 Å². The molecule has 1 atom stereocenters. The number of hydrogen-bond donors (Lipinski definition) is 0. The number of rotatable bonds is 4. The third kappa shape index (κ3) is 2.99. The zero-order chi connectivity index (χ0) is 21.7. The fraction of sp³-hybridized carbons (Fsp3) is 0.174. The molecule has 3 heterocycles. The summed E-state index contributed by atoms with van der Waals surface area (Å²) in [5, 5.41) is 4.04. The lowest BCUT2D eigenvalue weighted by molar-refractivity contribution is 0.0969. The van der Waals surface area contributed by atoms with Crippen LogP contribution in [0.15, 0.2) is 62.3 Å². The summed E-state index contributed by atoms with van der Waals surface area (Å²) in [6.45, 7) is 4.03. The maximum absolute atomic E-state index is 13.9. The van der Waals surface area contributed by atoms with Crippen molar-refractivity contribution < 1.29 is 22.9 Å². The minimum absolute atomic E-state index is 0.0655. The largest absolute Gasteiger partial charge is 0.494 e. The van der Waals surface area contributed by atoms with Crippen molar-refractivity contribution in [3.63, 3.8) is 0 Å². The number of aromatic nitrogens is 1. The highest BCUT2D eigenvalue weighted by molar-refractivity contribution is 6.10. The third-order valence-electron chi connectivity index (χ3n) is 5.18. The van der Waals surface area contributed by atoms with E-state index in [1.165, 1.54) is 17.0 Å². The number of anilines is 1. The molecule has 7 nitrogen and oxygen atoms in total. The van der Waals surface area contributed by atoms with E-state index in [4.69, 9.17) is 13.7 Å². The molecule has 5 rings (SSSR count). The highest BCUT2D eigenvalue weighted by Gasteiger charge is 2.45. The zero-order valence-electron chi connectivity index (χ0n) is 16.7. The van der Waals surface area contributed by atoms with Crippen molar-refractivity contribution in [3.8, 4) is 5.75 Å². The Morgan fingerprint density at radius 3 is 2.74 bits per heavy atom. The summed E-state index contributed by atoms with van der Waals surface area (Å²) >= 11 is 0. The normalized spacial score (nSPS) is 15.5. The van der Waals surface area contributed by atoms with Crippen LogP contribution < -0.4 is 15.1 Å². The lowest BCUT2D eigenvalue weighted by atomic mass is 9.98. The summed E-state index contributed by atoms with van der Waals surface area (Å²) in [5.41, 5.74) is 0.413. The van der Waals surface area contributed by atoms with Gasteiger partial charge in [-0.3, -0.25) is 14.5 Å². The summed E-state index contributed by atoms with van der Waals surface area (Å²) in [6.07, 6.45) is 0. The highest BCUT2D eigenvalue weighted by atomic mass is 19.1. The number of amides is 1.